The van der Waals surface area contributed by atoms with Gasteiger partial charge in [0, 0.05) is 10.9 Å². The van der Waals surface area contributed by atoms with Gasteiger partial charge in [-0.2, -0.15) is 0 Å². The summed E-state index contributed by atoms with van der Waals surface area (Å²) in [5.74, 6) is 1.54. The zero-order valence-corrected chi connectivity index (χ0v) is 13.4. The maximum absolute atomic E-state index is 3.54. The van der Waals surface area contributed by atoms with Gasteiger partial charge in [-0.25, -0.2) is 0 Å². The molecule has 1 aromatic carbocycles. The molecule has 1 aliphatic rings. The summed E-state index contributed by atoms with van der Waals surface area (Å²) < 4.78 is 1.23. The second-order valence-electron chi connectivity index (χ2n) is 5.22. The topological polar surface area (TPSA) is 12.0 Å². The van der Waals surface area contributed by atoms with Crippen LogP contribution in [0.4, 0.5) is 0 Å². The van der Waals surface area contributed by atoms with E-state index in [0.717, 1.165) is 18.3 Å². The fourth-order valence-corrected chi connectivity index (χ4v) is 4.43. The molecule has 1 nitrogen and oxygen atoms in total. The smallest absolute Gasteiger partial charge is 0.0701 e. The van der Waals surface area contributed by atoms with Crippen LogP contribution in [-0.2, 0) is 6.42 Å². The molecule has 1 fully saturated rings. The molecule has 0 bridgehead atoms. The highest BCUT2D eigenvalue weighted by atomic mass is 79.9. The molecule has 2 aromatic rings. The van der Waals surface area contributed by atoms with E-state index in [1.165, 1.54) is 20.6 Å². The first-order valence-corrected chi connectivity index (χ1v) is 8.35. The lowest BCUT2D eigenvalue weighted by Gasteiger charge is -2.15. The molecule has 1 heterocycles. The number of hydrogen-bond donors (Lipinski definition) is 1. The predicted molar refractivity (Wildman–Crippen MR) is 85.9 cm³/mol. The zero-order valence-electron chi connectivity index (χ0n) is 11.0. The van der Waals surface area contributed by atoms with E-state index in [1.54, 1.807) is 0 Å². The van der Waals surface area contributed by atoms with Crippen molar-refractivity contribution in [2.45, 2.75) is 24.8 Å². The van der Waals surface area contributed by atoms with Crippen molar-refractivity contribution in [3.8, 4) is 0 Å². The summed E-state index contributed by atoms with van der Waals surface area (Å²) in [4.78, 5) is 1.46. The highest BCUT2D eigenvalue weighted by Crippen LogP contribution is 2.50. The maximum Gasteiger partial charge on any atom is 0.0701 e. The molecule has 3 heteroatoms. The second kappa shape index (κ2) is 5.78. The van der Waals surface area contributed by atoms with Gasteiger partial charge >= 0.3 is 0 Å². The monoisotopic (exact) mass is 335 g/mol. The van der Waals surface area contributed by atoms with Gasteiger partial charge in [0.25, 0.3) is 0 Å². The molecule has 0 radical (unpaired) electrons. The van der Waals surface area contributed by atoms with Crippen LogP contribution in [-0.4, -0.2) is 13.1 Å². The molecule has 1 N–H and O–H groups in total. The van der Waals surface area contributed by atoms with Crippen molar-refractivity contribution in [3.05, 3.63) is 56.7 Å². The van der Waals surface area contributed by atoms with Crippen molar-refractivity contribution >= 4 is 27.3 Å². The normalized spacial score (nSPS) is 23.3. The van der Waals surface area contributed by atoms with Crippen molar-refractivity contribution in [3.63, 3.8) is 0 Å². The lowest BCUT2D eigenvalue weighted by molar-refractivity contribution is 0.494. The lowest BCUT2D eigenvalue weighted by Crippen LogP contribution is -2.30. The Labute approximate surface area is 127 Å². The average Bonchev–Trinajstić information content (AvgIpc) is 3.13. The van der Waals surface area contributed by atoms with Gasteiger partial charge in [0.1, 0.15) is 0 Å². The molecule has 3 unspecified atom stereocenters. The first-order chi connectivity index (χ1) is 9.28. The zero-order chi connectivity index (χ0) is 13.2. The first kappa shape index (κ1) is 13.3. The Bertz CT molecular complexity index is 537. The van der Waals surface area contributed by atoms with Crippen LogP contribution in [0.2, 0.25) is 0 Å². The Morgan fingerprint density at radius 2 is 2.05 bits per heavy atom. The largest absolute Gasteiger partial charge is 0.316 e. The van der Waals surface area contributed by atoms with Crippen LogP contribution in [0.1, 0.15) is 22.8 Å². The molecule has 0 aliphatic heterocycles. The fourth-order valence-electron chi connectivity index (χ4n) is 2.89. The van der Waals surface area contributed by atoms with Crippen LogP contribution in [0.15, 0.2) is 46.3 Å². The van der Waals surface area contributed by atoms with Crippen LogP contribution in [0.3, 0.4) is 0 Å². The van der Waals surface area contributed by atoms with E-state index in [-0.39, 0.29) is 0 Å². The van der Waals surface area contributed by atoms with Gasteiger partial charge in [-0.1, -0.05) is 30.3 Å². The molecule has 19 heavy (non-hydrogen) atoms. The Kier molecular flexibility index (Phi) is 4.06. The highest BCUT2D eigenvalue weighted by molar-refractivity contribution is 9.11. The number of hydrogen-bond acceptors (Lipinski definition) is 2. The van der Waals surface area contributed by atoms with Crippen molar-refractivity contribution in [1.29, 1.82) is 0 Å². The summed E-state index contributed by atoms with van der Waals surface area (Å²) in [6.45, 7) is 0. The number of rotatable bonds is 5. The van der Waals surface area contributed by atoms with Gasteiger partial charge in [0.2, 0.25) is 0 Å². The van der Waals surface area contributed by atoms with Crippen molar-refractivity contribution in [1.82, 2.24) is 5.32 Å². The van der Waals surface area contributed by atoms with E-state index in [2.05, 4.69) is 70.8 Å². The number of likely N-dealkylation sites (N-methyl/N-ethyl adjacent to an activating group) is 1. The summed E-state index contributed by atoms with van der Waals surface area (Å²) in [5, 5.41) is 3.51. The first-order valence-electron chi connectivity index (χ1n) is 6.74. The molecule has 0 spiro atoms. The van der Waals surface area contributed by atoms with Gasteiger partial charge in [0.15, 0.2) is 0 Å². The van der Waals surface area contributed by atoms with E-state index in [1.807, 2.05) is 11.3 Å². The summed E-state index contributed by atoms with van der Waals surface area (Å²) in [6.07, 6.45) is 2.46. The van der Waals surface area contributed by atoms with E-state index in [4.69, 9.17) is 0 Å². The molecule has 100 valence electrons. The van der Waals surface area contributed by atoms with Gasteiger partial charge in [-0.05, 0) is 65.4 Å². The molecule has 1 aromatic heterocycles. The Balaban J connectivity index is 1.65. The molecule has 0 amide bonds. The predicted octanol–water partition coefficient (Wildman–Crippen LogP) is 4.44. The Hall–Kier alpha value is -0.640. The average molecular weight is 336 g/mol. The second-order valence-corrected chi connectivity index (χ2v) is 7.77. The Morgan fingerprint density at radius 3 is 2.68 bits per heavy atom. The van der Waals surface area contributed by atoms with Crippen LogP contribution < -0.4 is 5.32 Å². The maximum atomic E-state index is 3.54. The molecule has 1 saturated carbocycles. The molecule has 3 rings (SSSR count). The minimum absolute atomic E-state index is 0.593. The standard InChI is InChI=1S/C16H18BrNS/c1-18-15(9-12-7-8-16(17)19-12)14-10-13(14)11-5-3-2-4-6-11/h2-8,13-15,18H,9-10H2,1H3. The van der Waals surface area contributed by atoms with Crippen LogP contribution in [0, 0.1) is 5.92 Å². The van der Waals surface area contributed by atoms with Crippen molar-refractivity contribution in [2.75, 3.05) is 7.05 Å². The summed E-state index contributed by atoms with van der Waals surface area (Å²) in [6, 6.07) is 15.9. The molecular weight excluding hydrogens is 318 g/mol. The molecule has 3 atom stereocenters. The number of benzene rings is 1. The number of thiophene rings is 1. The minimum Gasteiger partial charge on any atom is -0.316 e. The van der Waals surface area contributed by atoms with Gasteiger partial charge in [0.05, 0.1) is 3.79 Å². The Morgan fingerprint density at radius 1 is 1.26 bits per heavy atom. The van der Waals surface area contributed by atoms with E-state index in [0.29, 0.717) is 6.04 Å². The number of nitrogens with one attached hydrogen (secondary N) is 1. The molecular formula is C16H18BrNS. The van der Waals surface area contributed by atoms with E-state index >= 15 is 0 Å². The summed E-state index contributed by atoms with van der Waals surface area (Å²) >= 11 is 5.39. The van der Waals surface area contributed by atoms with Gasteiger partial charge in [-0.3, -0.25) is 0 Å². The third kappa shape index (κ3) is 3.10. The minimum atomic E-state index is 0.593. The van der Waals surface area contributed by atoms with E-state index < -0.39 is 0 Å². The highest BCUT2D eigenvalue weighted by Gasteiger charge is 2.43. The number of halogens is 1. The lowest BCUT2D eigenvalue weighted by atomic mass is 10.0. The van der Waals surface area contributed by atoms with Crippen molar-refractivity contribution in [2.24, 2.45) is 5.92 Å². The summed E-state index contributed by atoms with van der Waals surface area (Å²) in [5.41, 5.74) is 1.50. The van der Waals surface area contributed by atoms with Crippen LogP contribution in [0.25, 0.3) is 0 Å². The van der Waals surface area contributed by atoms with Gasteiger partial charge in [-0.15, -0.1) is 11.3 Å². The van der Waals surface area contributed by atoms with Crippen LogP contribution in [0.5, 0.6) is 0 Å². The van der Waals surface area contributed by atoms with Crippen LogP contribution >= 0.6 is 27.3 Å². The van der Waals surface area contributed by atoms with Gasteiger partial charge < -0.3 is 5.32 Å². The quantitative estimate of drug-likeness (QED) is 0.851. The third-order valence-corrected chi connectivity index (χ3v) is 5.65. The fraction of sp³-hybridized carbons (Fsp3) is 0.375. The summed E-state index contributed by atoms with van der Waals surface area (Å²) in [7, 11) is 2.09. The van der Waals surface area contributed by atoms with Crippen molar-refractivity contribution < 1.29 is 0 Å². The van der Waals surface area contributed by atoms with E-state index in [9.17, 15) is 0 Å². The molecule has 0 saturated heterocycles. The molecule has 1 aliphatic carbocycles. The third-order valence-electron chi connectivity index (χ3n) is 4.01. The SMILES string of the molecule is CNC(Cc1ccc(Br)s1)C1CC1c1ccccc1.